The van der Waals surface area contributed by atoms with E-state index in [1.165, 1.54) is 26.0 Å². The van der Waals surface area contributed by atoms with E-state index in [0.29, 0.717) is 22.4 Å². The van der Waals surface area contributed by atoms with Gasteiger partial charge < -0.3 is 25.4 Å². The van der Waals surface area contributed by atoms with Crippen LogP contribution in [-0.4, -0.2) is 37.0 Å². The van der Waals surface area contributed by atoms with Crippen LogP contribution in [0, 0.1) is 13.8 Å². The van der Waals surface area contributed by atoms with Crippen molar-refractivity contribution in [3.63, 3.8) is 0 Å². The lowest BCUT2D eigenvalue weighted by atomic mass is 9.92. The summed E-state index contributed by atoms with van der Waals surface area (Å²) in [7, 11) is 0. The summed E-state index contributed by atoms with van der Waals surface area (Å²) in [5.74, 6) is -1.50. The predicted molar refractivity (Wildman–Crippen MR) is 176 cm³/mol. The van der Waals surface area contributed by atoms with Gasteiger partial charge in [-0.05, 0) is 90.6 Å². The molecule has 0 radical (unpaired) electrons. The highest BCUT2D eigenvalue weighted by Gasteiger charge is 2.24. The summed E-state index contributed by atoms with van der Waals surface area (Å²) in [4.78, 5) is 28.1. The van der Waals surface area contributed by atoms with Gasteiger partial charge in [0.05, 0.1) is 11.1 Å². The number of benzene rings is 5. The summed E-state index contributed by atoms with van der Waals surface area (Å²) in [5.41, 5.74) is 5.56. The molecule has 0 bridgehead atoms. The van der Waals surface area contributed by atoms with E-state index >= 15 is 0 Å². The van der Waals surface area contributed by atoms with Crippen LogP contribution >= 0.6 is 0 Å². The summed E-state index contributed by atoms with van der Waals surface area (Å²) in [6.45, 7) is 6.05. The van der Waals surface area contributed by atoms with Crippen LogP contribution in [-0.2, 0) is 12.8 Å². The Morgan fingerprint density at radius 3 is 1.73 bits per heavy atom. The molecule has 0 spiro atoms. The Labute approximate surface area is 260 Å². The Kier molecular flexibility index (Phi) is 7.33. The second-order valence-electron chi connectivity index (χ2n) is 11.7. The van der Waals surface area contributed by atoms with Crippen molar-refractivity contribution in [3.8, 4) is 34.1 Å². The second-order valence-corrected chi connectivity index (χ2v) is 11.7. The fraction of sp³-hybridized carbons (Fsp3) is 0.158. The molecule has 0 aliphatic heterocycles. The third kappa shape index (κ3) is 5.16. The molecule has 1 aromatic heterocycles. The molecule has 0 saturated carbocycles. The van der Waals surface area contributed by atoms with Gasteiger partial charge >= 0.3 is 0 Å². The molecule has 5 N–H and O–H groups in total. The lowest BCUT2D eigenvalue weighted by molar-refractivity contribution is 0.100. The first-order valence-corrected chi connectivity index (χ1v) is 14.7. The minimum atomic E-state index is -0.333. The lowest BCUT2D eigenvalue weighted by Crippen LogP contribution is -2.03. The van der Waals surface area contributed by atoms with Crippen LogP contribution in [0.25, 0.3) is 32.8 Å². The van der Waals surface area contributed by atoms with Gasteiger partial charge in [0, 0.05) is 40.6 Å². The highest BCUT2D eigenvalue weighted by atomic mass is 16.3. The molecule has 0 unspecified atom stereocenters. The highest BCUT2D eigenvalue weighted by molar-refractivity contribution is 5.99. The Hall–Kier alpha value is -5.56. The molecule has 0 aliphatic carbocycles. The number of Topliss-reactive ketones (excluding diaryl/α,β-unsaturated/α-hetero) is 2. The molecule has 7 nitrogen and oxygen atoms in total. The number of carbonyl (C=O) groups is 2. The van der Waals surface area contributed by atoms with E-state index in [1.807, 2.05) is 30.3 Å². The SMILES string of the molecule is CC(=O)c1cc(C)c(O)c(Cc2[nH]c3cc(-c4ccc5ccccc5c4)ccc3c2Cc2c(O)c(C)cc(C(C)=O)c2O)c1O. The number of aromatic amines is 1. The zero-order valence-corrected chi connectivity index (χ0v) is 25.4. The van der Waals surface area contributed by atoms with Gasteiger partial charge in [-0.25, -0.2) is 0 Å². The van der Waals surface area contributed by atoms with Crippen molar-refractivity contribution in [3.05, 3.63) is 117 Å². The largest absolute Gasteiger partial charge is 0.507 e. The van der Waals surface area contributed by atoms with Crippen LogP contribution in [0.2, 0.25) is 0 Å². The number of carbonyl (C=O) groups excluding carboxylic acids is 2. The molecule has 6 aromatic rings. The number of aromatic nitrogens is 1. The summed E-state index contributed by atoms with van der Waals surface area (Å²) in [6.07, 6.45) is 0.0824. The van der Waals surface area contributed by atoms with Crippen molar-refractivity contribution in [1.82, 2.24) is 4.98 Å². The standard InChI is InChI=1S/C38H33NO6/c1-19-13-28(21(3)40)37(44)31(35(19)42)17-30-27-12-11-26(25-10-9-23-7-5-6-8-24(23)15-25)16-33(27)39-34(30)18-32-36(43)20(2)14-29(22(4)41)38(32)45/h5-16,39,42-45H,17-18H2,1-4H3. The van der Waals surface area contributed by atoms with Crippen LogP contribution < -0.4 is 0 Å². The van der Waals surface area contributed by atoms with Crippen LogP contribution in [0.5, 0.6) is 23.0 Å². The van der Waals surface area contributed by atoms with Crippen molar-refractivity contribution in [2.45, 2.75) is 40.5 Å². The molecular weight excluding hydrogens is 566 g/mol. The second kappa shape index (κ2) is 11.2. The van der Waals surface area contributed by atoms with Crippen LogP contribution in [0.1, 0.15) is 68.1 Å². The average Bonchev–Trinajstić information content (AvgIpc) is 3.36. The summed E-state index contributed by atoms with van der Waals surface area (Å²) in [6, 6.07) is 23.3. The van der Waals surface area contributed by atoms with Crippen molar-refractivity contribution in [2.75, 3.05) is 0 Å². The number of hydrogen-bond donors (Lipinski definition) is 5. The summed E-state index contributed by atoms with van der Waals surface area (Å²) < 4.78 is 0. The third-order valence-corrected chi connectivity index (χ3v) is 8.67. The molecule has 0 atom stereocenters. The minimum Gasteiger partial charge on any atom is -0.507 e. The number of aryl methyl sites for hydroxylation is 2. The normalized spacial score (nSPS) is 11.4. The molecular formula is C38H33NO6. The monoisotopic (exact) mass is 599 g/mol. The summed E-state index contributed by atoms with van der Waals surface area (Å²) >= 11 is 0. The van der Waals surface area contributed by atoms with E-state index in [4.69, 9.17) is 0 Å². The van der Waals surface area contributed by atoms with Gasteiger partial charge in [-0.15, -0.1) is 0 Å². The first-order valence-electron chi connectivity index (χ1n) is 14.7. The van der Waals surface area contributed by atoms with Crippen molar-refractivity contribution < 1.29 is 30.0 Å². The molecule has 1 heterocycles. The Morgan fingerprint density at radius 2 is 1.13 bits per heavy atom. The van der Waals surface area contributed by atoms with E-state index in [0.717, 1.165) is 32.8 Å². The number of nitrogens with one attached hydrogen (secondary N) is 1. The zero-order chi connectivity index (χ0) is 32.2. The average molecular weight is 600 g/mol. The van der Waals surface area contributed by atoms with Gasteiger partial charge in [0.1, 0.15) is 23.0 Å². The van der Waals surface area contributed by atoms with Crippen molar-refractivity contribution >= 4 is 33.2 Å². The number of aromatic hydroxyl groups is 4. The first-order chi connectivity index (χ1) is 21.4. The number of fused-ring (bicyclic) bond motifs is 2. The topological polar surface area (TPSA) is 131 Å². The molecule has 0 amide bonds. The van der Waals surface area contributed by atoms with Gasteiger partial charge in [0.2, 0.25) is 0 Å². The predicted octanol–water partition coefficient (Wildman–Crippen LogP) is 8.01. The molecule has 7 heteroatoms. The highest BCUT2D eigenvalue weighted by Crippen LogP contribution is 2.41. The molecule has 45 heavy (non-hydrogen) atoms. The Bertz CT molecular complexity index is 2190. The van der Waals surface area contributed by atoms with E-state index in [1.54, 1.807) is 13.8 Å². The number of phenols is 4. The van der Waals surface area contributed by atoms with Crippen LogP contribution in [0.15, 0.2) is 72.8 Å². The van der Waals surface area contributed by atoms with E-state index in [2.05, 4.69) is 35.3 Å². The van der Waals surface area contributed by atoms with Gasteiger partial charge in [0.25, 0.3) is 0 Å². The van der Waals surface area contributed by atoms with Crippen LogP contribution in [0.3, 0.4) is 0 Å². The molecule has 6 rings (SSSR count). The quantitative estimate of drug-likeness (QED) is 0.118. The maximum absolute atomic E-state index is 12.3. The lowest BCUT2D eigenvalue weighted by Gasteiger charge is -2.15. The Morgan fingerprint density at radius 1 is 0.600 bits per heavy atom. The number of phenolic OH excluding ortho intramolecular Hbond substituents is 4. The van der Waals surface area contributed by atoms with Gasteiger partial charge in [-0.3, -0.25) is 9.59 Å². The first kappa shape index (κ1) is 29.5. The van der Waals surface area contributed by atoms with Gasteiger partial charge in [-0.2, -0.15) is 0 Å². The maximum atomic E-state index is 12.3. The fourth-order valence-corrected chi connectivity index (χ4v) is 6.17. The zero-order valence-electron chi connectivity index (χ0n) is 25.4. The van der Waals surface area contributed by atoms with Crippen LogP contribution in [0.4, 0.5) is 0 Å². The molecule has 0 fully saturated rings. The van der Waals surface area contributed by atoms with E-state index < -0.39 is 0 Å². The van der Waals surface area contributed by atoms with Crippen molar-refractivity contribution in [2.24, 2.45) is 0 Å². The minimum absolute atomic E-state index is 0.0296. The third-order valence-electron chi connectivity index (χ3n) is 8.67. The number of hydrogen-bond acceptors (Lipinski definition) is 6. The maximum Gasteiger partial charge on any atom is 0.163 e. The number of H-pyrrole nitrogens is 1. The smallest absolute Gasteiger partial charge is 0.163 e. The Balaban J connectivity index is 1.55. The van der Waals surface area contributed by atoms with E-state index in [9.17, 15) is 30.0 Å². The van der Waals surface area contributed by atoms with Gasteiger partial charge in [-0.1, -0.05) is 48.5 Å². The molecule has 0 saturated heterocycles. The number of ketones is 2. The van der Waals surface area contributed by atoms with Crippen molar-refractivity contribution in [1.29, 1.82) is 0 Å². The molecule has 0 aliphatic rings. The molecule has 226 valence electrons. The summed E-state index contributed by atoms with van der Waals surface area (Å²) in [5, 5.41) is 47.3. The van der Waals surface area contributed by atoms with Gasteiger partial charge in [0.15, 0.2) is 11.6 Å². The fourth-order valence-electron chi connectivity index (χ4n) is 6.17. The molecule has 5 aromatic carbocycles. The number of rotatable bonds is 7. The van der Waals surface area contributed by atoms with E-state index in [-0.39, 0.29) is 69.7 Å².